The maximum atomic E-state index is 13.3. The molecular formula is C29H34O6. The van der Waals surface area contributed by atoms with Gasteiger partial charge in [0, 0.05) is 0 Å². The summed E-state index contributed by atoms with van der Waals surface area (Å²) in [6.45, 7) is 5.21. The SMILES string of the molecule is CC(C)(C)OC(=O)[C@H](C(=O)OCc1ccccc1)[C@@H](CC1=CCCC1)C(=O)OCc1ccccc1. The molecule has 0 aliphatic heterocycles. The van der Waals surface area contributed by atoms with Crippen LogP contribution in [0.15, 0.2) is 72.3 Å². The van der Waals surface area contributed by atoms with Crippen LogP contribution in [0.2, 0.25) is 0 Å². The van der Waals surface area contributed by atoms with Crippen LogP contribution in [0.4, 0.5) is 0 Å². The molecule has 0 fully saturated rings. The highest BCUT2D eigenvalue weighted by Gasteiger charge is 2.44. The van der Waals surface area contributed by atoms with Crippen molar-refractivity contribution in [3.05, 3.63) is 83.4 Å². The molecule has 0 saturated carbocycles. The molecular weight excluding hydrogens is 444 g/mol. The van der Waals surface area contributed by atoms with Crippen LogP contribution in [-0.2, 0) is 41.8 Å². The van der Waals surface area contributed by atoms with Crippen LogP contribution < -0.4 is 0 Å². The van der Waals surface area contributed by atoms with E-state index in [1.165, 1.54) is 0 Å². The van der Waals surface area contributed by atoms with Gasteiger partial charge in [0.1, 0.15) is 18.8 Å². The van der Waals surface area contributed by atoms with Crippen molar-refractivity contribution >= 4 is 17.9 Å². The van der Waals surface area contributed by atoms with E-state index in [9.17, 15) is 14.4 Å². The van der Waals surface area contributed by atoms with Gasteiger partial charge in [0.2, 0.25) is 0 Å². The molecule has 0 N–H and O–H groups in total. The number of esters is 3. The van der Waals surface area contributed by atoms with E-state index in [0.717, 1.165) is 36.0 Å². The Bertz CT molecular complexity index is 1020. The first kappa shape index (κ1) is 26.2. The summed E-state index contributed by atoms with van der Waals surface area (Å²) < 4.78 is 16.7. The van der Waals surface area contributed by atoms with E-state index in [0.29, 0.717) is 0 Å². The Morgan fingerprint density at radius 3 is 1.83 bits per heavy atom. The van der Waals surface area contributed by atoms with E-state index in [4.69, 9.17) is 14.2 Å². The molecule has 2 aromatic carbocycles. The maximum absolute atomic E-state index is 13.3. The van der Waals surface area contributed by atoms with Gasteiger partial charge in [-0.2, -0.15) is 0 Å². The number of rotatable bonds is 10. The zero-order valence-electron chi connectivity index (χ0n) is 20.7. The van der Waals surface area contributed by atoms with E-state index in [-0.39, 0.29) is 19.6 Å². The van der Waals surface area contributed by atoms with Crippen LogP contribution in [0, 0.1) is 11.8 Å². The van der Waals surface area contributed by atoms with Gasteiger partial charge in [0.15, 0.2) is 5.92 Å². The Balaban J connectivity index is 1.84. The molecule has 0 radical (unpaired) electrons. The average Bonchev–Trinajstić information content (AvgIpc) is 3.34. The normalized spacial score (nSPS) is 15.0. The molecule has 1 aliphatic carbocycles. The van der Waals surface area contributed by atoms with E-state index >= 15 is 0 Å². The van der Waals surface area contributed by atoms with Crippen LogP contribution in [0.25, 0.3) is 0 Å². The minimum absolute atomic E-state index is 0.00650. The number of hydrogen-bond donors (Lipinski definition) is 0. The second kappa shape index (κ2) is 12.3. The van der Waals surface area contributed by atoms with E-state index in [2.05, 4.69) is 6.08 Å². The first-order valence-electron chi connectivity index (χ1n) is 12.0. The quantitative estimate of drug-likeness (QED) is 0.193. The molecule has 0 amide bonds. The highest BCUT2D eigenvalue weighted by atomic mass is 16.6. The molecule has 0 bridgehead atoms. The van der Waals surface area contributed by atoms with Gasteiger partial charge < -0.3 is 14.2 Å². The van der Waals surface area contributed by atoms with Crippen molar-refractivity contribution in [2.75, 3.05) is 0 Å². The van der Waals surface area contributed by atoms with Crippen LogP contribution in [0.5, 0.6) is 0 Å². The van der Waals surface area contributed by atoms with E-state index in [1.54, 1.807) is 20.8 Å². The monoisotopic (exact) mass is 478 g/mol. The molecule has 0 saturated heterocycles. The largest absolute Gasteiger partial charge is 0.461 e. The molecule has 0 spiro atoms. The number of ether oxygens (including phenoxy) is 3. The van der Waals surface area contributed by atoms with Crippen LogP contribution in [0.1, 0.15) is 57.6 Å². The van der Waals surface area contributed by atoms with Gasteiger partial charge in [0.25, 0.3) is 0 Å². The molecule has 35 heavy (non-hydrogen) atoms. The minimum Gasteiger partial charge on any atom is -0.461 e. The molecule has 0 unspecified atom stereocenters. The van der Waals surface area contributed by atoms with Gasteiger partial charge in [-0.25, -0.2) is 0 Å². The van der Waals surface area contributed by atoms with Crippen molar-refractivity contribution in [2.45, 2.75) is 65.3 Å². The summed E-state index contributed by atoms with van der Waals surface area (Å²) in [5.41, 5.74) is 1.81. The minimum atomic E-state index is -1.43. The molecule has 6 heteroatoms. The van der Waals surface area contributed by atoms with Gasteiger partial charge >= 0.3 is 17.9 Å². The second-order valence-corrected chi connectivity index (χ2v) is 9.76. The lowest BCUT2D eigenvalue weighted by atomic mass is 9.86. The third-order valence-corrected chi connectivity index (χ3v) is 5.68. The number of carbonyl (C=O) groups is 3. The third kappa shape index (κ3) is 8.39. The lowest BCUT2D eigenvalue weighted by Gasteiger charge is -2.27. The van der Waals surface area contributed by atoms with E-state index < -0.39 is 35.3 Å². The highest BCUT2D eigenvalue weighted by molar-refractivity contribution is 5.99. The Labute approximate surface area is 207 Å². The summed E-state index contributed by atoms with van der Waals surface area (Å²) in [5.74, 6) is -4.66. The Kier molecular flexibility index (Phi) is 9.24. The number of carbonyl (C=O) groups excluding carboxylic acids is 3. The summed E-state index contributed by atoms with van der Waals surface area (Å²) in [6, 6.07) is 18.5. The van der Waals surface area contributed by atoms with Crippen LogP contribution in [-0.4, -0.2) is 23.5 Å². The average molecular weight is 479 g/mol. The van der Waals surface area contributed by atoms with Crippen molar-refractivity contribution in [3.63, 3.8) is 0 Å². The Morgan fingerprint density at radius 2 is 1.34 bits per heavy atom. The second-order valence-electron chi connectivity index (χ2n) is 9.76. The van der Waals surface area contributed by atoms with Gasteiger partial charge in [-0.15, -0.1) is 0 Å². The molecule has 0 heterocycles. The molecule has 1 aliphatic rings. The third-order valence-electron chi connectivity index (χ3n) is 5.68. The maximum Gasteiger partial charge on any atom is 0.321 e. The van der Waals surface area contributed by atoms with Gasteiger partial charge in [-0.05, 0) is 57.6 Å². The predicted molar refractivity (Wildman–Crippen MR) is 132 cm³/mol. The van der Waals surface area contributed by atoms with E-state index in [1.807, 2.05) is 60.7 Å². The fraction of sp³-hybridized carbons (Fsp3) is 0.414. The van der Waals surface area contributed by atoms with Crippen molar-refractivity contribution < 1.29 is 28.6 Å². The van der Waals surface area contributed by atoms with Crippen molar-refractivity contribution in [1.82, 2.24) is 0 Å². The van der Waals surface area contributed by atoms with Crippen molar-refractivity contribution in [3.8, 4) is 0 Å². The smallest absolute Gasteiger partial charge is 0.321 e. The number of benzene rings is 2. The fourth-order valence-electron chi connectivity index (χ4n) is 3.99. The number of allylic oxidation sites excluding steroid dienone is 2. The Morgan fingerprint density at radius 1 is 0.800 bits per heavy atom. The van der Waals surface area contributed by atoms with Crippen LogP contribution >= 0.6 is 0 Å². The van der Waals surface area contributed by atoms with Crippen molar-refractivity contribution in [1.29, 1.82) is 0 Å². The molecule has 2 atom stereocenters. The zero-order chi connectivity index (χ0) is 25.3. The first-order valence-corrected chi connectivity index (χ1v) is 12.0. The summed E-state index contributed by atoms with van der Waals surface area (Å²) in [5, 5.41) is 0. The molecule has 2 aromatic rings. The van der Waals surface area contributed by atoms with Crippen molar-refractivity contribution in [2.24, 2.45) is 11.8 Å². The van der Waals surface area contributed by atoms with Gasteiger partial charge in [0.05, 0.1) is 5.92 Å². The predicted octanol–water partition coefficient (Wildman–Crippen LogP) is 5.55. The molecule has 186 valence electrons. The topological polar surface area (TPSA) is 78.9 Å². The first-order chi connectivity index (χ1) is 16.7. The lowest BCUT2D eigenvalue weighted by molar-refractivity contribution is -0.178. The molecule has 0 aromatic heterocycles. The van der Waals surface area contributed by atoms with Crippen LogP contribution in [0.3, 0.4) is 0 Å². The summed E-state index contributed by atoms with van der Waals surface area (Å²) in [6.07, 6.45) is 5.03. The summed E-state index contributed by atoms with van der Waals surface area (Å²) in [7, 11) is 0. The standard InChI is InChI=1S/C29H34O6/c1-29(2,3)35-28(32)25(27(31)34-20-23-16-8-5-9-17-23)24(18-21-12-10-11-13-21)26(30)33-19-22-14-6-4-7-15-22/h4-9,12,14-17,24-25H,10-11,13,18-20H2,1-3H3/t24-,25+/m1/s1. The lowest BCUT2D eigenvalue weighted by Crippen LogP contribution is -2.41. The zero-order valence-corrected chi connectivity index (χ0v) is 20.7. The highest BCUT2D eigenvalue weighted by Crippen LogP contribution is 2.31. The molecule has 3 rings (SSSR count). The summed E-state index contributed by atoms with van der Waals surface area (Å²) >= 11 is 0. The molecule has 6 nitrogen and oxygen atoms in total. The fourth-order valence-corrected chi connectivity index (χ4v) is 3.99. The number of hydrogen-bond acceptors (Lipinski definition) is 6. The van der Waals surface area contributed by atoms with Gasteiger partial charge in [-0.1, -0.05) is 72.3 Å². The Hall–Kier alpha value is -3.41. The van der Waals surface area contributed by atoms with Gasteiger partial charge in [-0.3, -0.25) is 14.4 Å². The summed E-state index contributed by atoms with van der Waals surface area (Å²) in [4.78, 5) is 39.9.